The molecule has 0 amide bonds. The third-order valence-corrected chi connectivity index (χ3v) is 3.19. The van der Waals surface area contributed by atoms with Gasteiger partial charge in [0.15, 0.2) is 0 Å². The summed E-state index contributed by atoms with van der Waals surface area (Å²) in [5, 5.41) is 13.9. The molecular weight excluding hydrogens is 224 g/mol. The number of nitrogens with one attached hydrogen (secondary N) is 1. The second kappa shape index (κ2) is 5.36. The third kappa shape index (κ3) is 2.62. The van der Waals surface area contributed by atoms with Crippen molar-refractivity contribution >= 4 is 16.6 Å². The van der Waals surface area contributed by atoms with Crippen LogP contribution in [0.15, 0.2) is 30.3 Å². The molecule has 0 aliphatic carbocycles. The van der Waals surface area contributed by atoms with Crippen LogP contribution in [-0.4, -0.2) is 22.7 Å². The fraction of sp³-hybridized carbons (Fsp3) is 0.400. The molecular formula is C15H20N2O. The maximum atomic E-state index is 9.42. The number of fused-ring (bicyclic) bond motifs is 1. The molecule has 0 radical (unpaired) electrons. The van der Waals surface area contributed by atoms with Crippen molar-refractivity contribution in [3.8, 4) is 0 Å². The van der Waals surface area contributed by atoms with E-state index in [9.17, 15) is 5.11 Å². The summed E-state index contributed by atoms with van der Waals surface area (Å²) >= 11 is 0. The van der Waals surface area contributed by atoms with Gasteiger partial charge < -0.3 is 10.4 Å². The SMILES string of the molecule is Cc1cc(N[C@H](CO)C(C)C)c2ccccc2n1. The standard InChI is InChI=1S/C15H20N2O/c1-10(2)15(9-18)17-14-8-11(3)16-13-7-5-4-6-12(13)14/h4-8,10,15,18H,9H2,1-3H3,(H,16,17)/t15-/m1/s1. The molecule has 0 aliphatic heterocycles. The zero-order valence-electron chi connectivity index (χ0n) is 11.1. The Morgan fingerprint density at radius 1 is 1.28 bits per heavy atom. The van der Waals surface area contributed by atoms with Gasteiger partial charge in [-0.15, -0.1) is 0 Å². The Kier molecular flexibility index (Phi) is 3.82. The zero-order chi connectivity index (χ0) is 13.1. The van der Waals surface area contributed by atoms with Crippen molar-refractivity contribution in [2.45, 2.75) is 26.8 Å². The molecule has 0 bridgehead atoms. The van der Waals surface area contributed by atoms with Crippen molar-refractivity contribution in [1.29, 1.82) is 0 Å². The van der Waals surface area contributed by atoms with Crippen molar-refractivity contribution in [1.82, 2.24) is 4.98 Å². The van der Waals surface area contributed by atoms with Crippen LogP contribution < -0.4 is 5.32 Å². The van der Waals surface area contributed by atoms with Crippen LogP contribution >= 0.6 is 0 Å². The molecule has 3 nitrogen and oxygen atoms in total. The van der Waals surface area contributed by atoms with Crippen LogP contribution in [0.25, 0.3) is 10.9 Å². The van der Waals surface area contributed by atoms with E-state index >= 15 is 0 Å². The average Bonchev–Trinajstić information content (AvgIpc) is 2.35. The molecule has 96 valence electrons. The molecule has 1 heterocycles. The second-order valence-electron chi connectivity index (χ2n) is 5.01. The Morgan fingerprint density at radius 3 is 2.67 bits per heavy atom. The van der Waals surface area contributed by atoms with E-state index in [1.807, 2.05) is 31.2 Å². The van der Waals surface area contributed by atoms with Crippen molar-refractivity contribution in [3.63, 3.8) is 0 Å². The fourth-order valence-corrected chi connectivity index (χ4v) is 2.05. The van der Waals surface area contributed by atoms with E-state index in [1.54, 1.807) is 0 Å². The topological polar surface area (TPSA) is 45.1 Å². The number of nitrogens with zero attached hydrogens (tertiary/aromatic N) is 1. The van der Waals surface area contributed by atoms with Gasteiger partial charge in [0.05, 0.1) is 18.2 Å². The number of rotatable bonds is 4. The molecule has 2 rings (SSSR count). The summed E-state index contributed by atoms with van der Waals surface area (Å²) in [5.74, 6) is 0.377. The molecule has 1 aromatic carbocycles. The second-order valence-corrected chi connectivity index (χ2v) is 5.01. The van der Waals surface area contributed by atoms with Gasteiger partial charge in [-0.1, -0.05) is 32.0 Å². The van der Waals surface area contributed by atoms with Crippen molar-refractivity contribution in [2.24, 2.45) is 5.92 Å². The van der Waals surface area contributed by atoms with Gasteiger partial charge in [0.25, 0.3) is 0 Å². The number of hydrogen-bond donors (Lipinski definition) is 2. The van der Waals surface area contributed by atoms with Crippen molar-refractivity contribution in [3.05, 3.63) is 36.0 Å². The predicted octanol–water partition coefficient (Wildman–Crippen LogP) is 2.97. The summed E-state index contributed by atoms with van der Waals surface area (Å²) in [7, 11) is 0. The molecule has 0 spiro atoms. The molecule has 18 heavy (non-hydrogen) atoms. The Labute approximate surface area is 108 Å². The summed E-state index contributed by atoms with van der Waals surface area (Å²) in [5.41, 5.74) is 3.02. The number of aliphatic hydroxyl groups is 1. The molecule has 2 N–H and O–H groups in total. The number of aryl methyl sites for hydroxylation is 1. The normalized spacial score (nSPS) is 12.9. The lowest BCUT2D eigenvalue weighted by atomic mass is 10.0. The fourth-order valence-electron chi connectivity index (χ4n) is 2.05. The first-order valence-electron chi connectivity index (χ1n) is 6.35. The van der Waals surface area contributed by atoms with Gasteiger partial charge in [0.2, 0.25) is 0 Å². The summed E-state index contributed by atoms with van der Waals surface area (Å²) in [4.78, 5) is 4.51. The van der Waals surface area contributed by atoms with Gasteiger partial charge in [-0.3, -0.25) is 4.98 Å². The summed E-state index contributed by atoms with van der Waals surface area (Å²) in [6.07, 6.45) is 0. The number of hydrogen-bond acceptors (Lipinski definition) is 3. The van der Waals surface area contributed by atoms with E-state index in [2.05, 4.69) is 30.2 Å². The Hall–Kier alpha value is -1.61. The summed E-state index contributed by atoms with van der Waals surface area (Å²) in [6, 6.07) is 10.2. The monoisotopic (exact) mass is 244 g/mol. The van der Waals surface area contributed by atoms with E-state index in [0.717, 1.165) is 22.3 Å². The van der Waals surface area contributed by atoms with Crippen LogP contribution in [0.2, 0.25) is 0 Å². The number of benzene rings is 1. The zero-order valence-corrected chi connectivity index (χ0v) is 11.1. The molecule has 1 atom stereocenters. The lowest BCUT2D eigenvalue weighted by Crippen LogP contribution is -2.29. The number of anilines is 1. The Morgan fingerprint density at radius 2 is 2.00 bits per heavy atom. The van der Waals surface area contributed by atoms with Crippen molar-refractivity contribution < 1.29 is 5.11 Å². The van der Waals surface area contributed by atoms with E-state index in [1.165, 1.54) is 0 Å². The van der Waals surface area contributed by atoms with Gasteiger partial charge in [-0.25, -0.2) is 0 Å². The smallest absolute Gasteiger partial charge is 0.0725 e. The van der Waals surface area contributed by atoms with E-state index in [4.69, 9.17) is 0 Å². The molecule has 3 heteroatoms. The Balaban J connectivity index is 2.43. The molecule has 0 saturated heterocycles. The van der Waals surface area contributed by atoms with Gasteiger partial charge in [0, 0.05) is 16.8 Å². The van der Waals surface area contributed by atoms with E-state index < -0.39 is 0 Å². The molecule has 1 aromatic heterocycles. The minimum absolute atomic E-state index is 0.0650. The molecule has 2 aromatic rings. The lowest BCUT2D eigenvalue weighted by molar-refractivity contribution is 0.249. The predicted molar refractivity (Wildman–Crippen MR) is 75.8 cm³/mol. The maximum absolute atomic E-state index is 9.42. The van der Waals surface area contributed by atoms with Crippen LogP contribution in [-0.2, 0) is 0 Å². The van der Waals surface area contributed by atoms with Gasteiger partial charge in [-0.05, 0) is 25.0 Å². The molecule has 0 unspecified atom stereocenters. The van der Waals surface area contributed by atoms with E-state index in [0.29, 0.717) is 5.92 Å². The first-order chi connectivity index (χ1) is 8.61. The minimum atomic E-state index is 0.0650. The van der Waals surface area contributed by atoms with E-state index in [-0.39, 0.29) is 12.6 Å². The maximum Gasteiger partial charge on any atom is 0.0725 e. The van der Waals surface area contributed by atoms with Gasteiger partial charge in [0.1, 0.15) is 0 Å². The third-order valence-electron chi connectivity index (χ3n) is 3.19. The highest BCUT2D eigenvalue weighted by Gasteiger charge is 2.13. The van der Waals surface area contributed by atoms with Crippen LogP contribution in [0, 0.1) is 12.8 Å². The van der Waals surface area contributed by atoms with Crippen molar-refractivity contribution in [2.75, 3.05) is 11.9 Å². The molecule has 0 aliphatic rings. The molecule has 0 saturated carbocycles. The quantitative estimate of drug-likeness (QED) is 0.869. The van der Waals surface area contributed by atoms with Gasteiger partial charge >= 0.3 is 0 Å². The summed E-state index contributed by atoms with van der Waals surface area (Å²) < 4.78 is 0. The first kappa shape index (κ1) is 12.8. The first-order valence-corrected chi connectivity index (χ1v) is 6.35. The van der Waals surface area contributed by atoms with Gasteiger partial charge in [-0.2, -0.15) is 0 Å². The minimum Gasteiger partial charge on any atom is -0.394 e. The van der Waals surface area contributed by atoms with Crippen LogP contribution in [0.4, 0.5) is 5.69 Å². The van der Waals surface area contributed by atoms with Crippen LogP contribution in [0.1, 0.15) is 19.5 Å². The average molecular weight is 244 g/mol. The number of aliphatic hydroxyl groups excluding tert-OH is 1. The highest BCUT2D eigenvalue weighted by molar-refractivity contribution is 5.91. The number of para-hydroxylation sites is 1. The summed E-state index contributed by atoms with van der Waals surface area (Å²) in [6.45, 7) is 6.32. The van der Waals surface area contributed by atoms with Crippen LogP contribution in [0.5, 0.6) is 0 Å². The molecule has 0 fully saturated rings. The lowest BCUT2D eigenvalue weighted by Gasteiger charge is -2.22. The number of aromatic nitrogens is 1. The highest BCUT2D eigenvalue weighted by Crippen LogP contribution is 2.24. The largest absolute Gasteiger partial charge is 0.394 e. The highest BCUT2D eigenvalue weighted by atomic mass is 16.3. The number of pyridine rings is 1. The van der Waals surface area contributed by atoms with Crippen LogP contribution in [0.3, 0.4) is 0 Å². The Bertz CT molecular complexity index is 537.